The van der Waals surface area contributed by atoms with Crippen molar-refractivity contribution in [2.45, 2.75) is 6.42 Å². The monoisotopic (exact) mass is 126 g/mol. The van der Waals surface area contributed by atoms with Crippen LogP contribution in [0.3, 0.4) is 0 Å². The van der Waals surface area contributed by atoms with Crippen molar-refractivity contribution in [3.05, 3.63) is 0 Å². The van der Waals surface area contributed by atoms with Crippen LogP contribution in [0.1, 0.15) is 6.42 Å². The molecule has 2 heterocycles. The largest absolute Gasteiger partial charge is 0.316 e. The van der Waals surface area contributed by atoms with Gasteiger partial charge in [-0.25, -0.2) is 0 Å². The Morgan fingerprint density at radius 2 is 1.22 bits per heavy atom. The summed E-state index contributed by atoms with van der Waals surface area (Å²) in [7, 11) is 0. The molecule has 0 amide bonds. The van der Waals surface area contributed by atoms with Crippen LogP contribution in [0.15, 0.2) is 0 Å². The molecule has 2 aliphatic heterocycles. The highest BCUT2D eigenvalue weighted by Crippen LogP contribution is 2.18. The highest BCUT2D eigenvalue weighted by molar-refractivity contribution is 4.83. The normalized spacial score (nSPS) is 42.7. The molecule has 2 saturated heterocycles. The second kappa shape index (κ2) is 2.27. The fourth-order valence-electron chi connectivity index (χ4n) is 1.93. The summed E-state index contributed by atoms with van der Waals surface area (Å²) in [4.78, 5) is 0. The fraction of sp³-hybridized carbons (Fsp3) is 1.00. The van der Waals surface area contributed by atoms with Crippen LogP contribution in [-0.2, 0) is 0 Å². The van der Waals surface area contributed by atoms with E-state index in [1.54, 1.807) is 0 Å². The van der Waals surface area contributed by atoms with E-state index in [1.165, 1.54) is 32.6 Å². The maximum absolute atomic E-state index is 3.45. The molecule has 9 heavy (non-hydrogen) atoms. The van der Waals surface area contributed by atoms with Gasteiger partial charge in [0.15, 0.2) is 0 Å². The van der Waals surface area contributed by atoms with Crippen molar-refractivity contribution in [1.29, 1.82) is 0 Å². The number of fused-ring (bicyclic) bond motifs is 2. The number of hydrogen-bond donors (Lipinski definition) is 2. The fourth-order valence-corrected chi connectivity index (χ4v) is 1.93. The second-order valence-electron chi connectivity index (χ2n) is 3.28. The van der Waals surface area contributed by atoms with Gasteiger partial charge in [-0.2, -0.15) is 0 Å². The van der Waals surface area contributed by atoms with Crippen molar-refractivity contribution < 1.29 is 0 Å². The van der Waals surface area contributed by atoms with E-state index in [9.17, 15) is 0 Å². The van der Waals surface area contributed by atoms with Crippen molar-refractivity contribution in [1.82, 2.24) is 10.6 Å². The third kappa shape index (κ3) is 1.10. The lowest BCUT2D eigenvalue weighted by molar-refractivity contribution is 0.226. The number of nitrogens with one attached hydrogen (secondary N) is 2. The van der Waals surface area contributed by atoms with Crippen molar-refractivity contribution in [2.24, 2.45) is 11.8 Å². The van der Waals surface area contributed by atoms with E-state index >= 15 is 0 Å². The Kier molecular flexibility index (Phi) is 1.44. The quantitative estimate of drug-likeness (QED) is 0.470. The third-order valence-corrected chi connectivity index (χ3v) is 2.40. The highest BCUT2D eigenvalue weighted by atomic mass is 15.0. The molecule has 0 aromatic carbocycles. The van der Waals surface area contributed by atoms with E-state index in [2.05, 4.69) is 10.6 Å². The van der Waals surface area contributed by atoms with E-state index in [0.717, 1.165) is 11.8 Å². The van der Waals surface area contributed by atoms with Crippen LogP contribution in [0.5, 0.6) is 0 Å². The van der Waals surface area contributed by atoms with Gasteiger partial charge in [0.25, 0.3) is 0 Å². The van der Waals surface area contributed by atoms with Crippen molar-refractivity contribution in [3.8, 4) is 0 Å². The molecule has 0 saturated carbocycles. The second-order valence-corrected chi connectivity index (χ2v) is 3.28. The predicted molar refractivity (Wildman–Crippen MR) is 37.3 cm³/mol. The molecule has 0 aromatic rings. The van der Waals surface area contributed by atoms with Crippen LogP contribution in [0, 0.1) is 11.8 Å². The summed E-state index contributed by atoms with van der Waals surface area (Å²) in [6.45, 7) is 4.96. The number of piperidine rings is 2. The standard InChI is InChI=1S/C7H14N2/c1-6-2-8-4-7(1)5-9-3-6/h6-9H,1-5H2. The average Bonchev–Trinajstić information content (AvgIpc) is 1.88. The minimum Gasteiger partial charge on any atom is -0.316 e. The van der Waals surface area contributed by atoms with Crippen LogP contribution in [0.25, 0.3) is 0 Å². The van der Waals surface area contributed by atoms with Gasteiger partial charge in [-0.05, 0) is 44.4 Å². The van der Waals surface area contributed by atoms with Crippen LogP contribution < -0.4 is 10.6 Å². The molecule has 0 radical (unpaired) electrons. The minimum atomic E-state index is 0.928. The van der Waals surface area contributed by atoms with Gasteiger partial charge in [0.1, 0.15) is 0 Å². The zero-order valence-corrected chi connectivity index (χ0v) is 5.69. The number of hydrogen-bond acceptors (Lipinski definition) is 2. The molecule has 2 rings (SSSR count). The van der Waals surface area contributed by atoms with Gasteiger partial charge in [-0.3, -0.25) is 0 Å². The van der Waals surface area contributed by atoms with Gasteiger partial charge in [0, 0.05) is 0 Å². The first kappa shape index (κ1) is 5.69. The first-order chi connectivity index (χ1) is 4.45. The summed E-state index contributed by atoms with van der Waals surface area (Å²) in [6.07, 6.45) is 1.46. The molecule has 52 valence electrons. The van der Waals surface area contributed by atoms with Gasteiger partial charge < -0.3 is 10.6 Å². The van der Waals surface area contributed by atoms with Gasteiger partial charge in [0.2, 0.25) is 0 Å². The van der Waals surface area contributed by atoms with Crippen molar-refractivity contribution >= 4 is 0 Å². The van der Waals surface area contributed by atoms with Crippen LogP contribution >= 0.6 is 0 Å². The number of rotatable bonds is 0. The summed E-state index contributed by atoms with van der Waals surface area (Å²) < 4.78 is 0. The molecule has 2 nitrogen and oxygen atoms in total. The van der Waals surface area contributed by atoms with Gasteiger partial charge in [-0.15, -0.1) is 0 Å². The van der Waals surface area contributed by atoms with Crippen LogP contribution in [0.2, 0.25) is 0 Å². The summed E-state index contributed by atoms with van der Waals surface area (Å²) in [5.41, 5.74) is 0. The predicted octanol–water partition coefficient (Wildman–Crippen LogP) is -0.185. The molecule has 0 aliphatic carbocycles. The van der Waals surface area contributed by atoms with E-state index < -0.39 is 0 Å². The van der Waals surface area contributed by atoms with Crippen LogP contribution in [0.4, 0.5) is 0 Å². The Hall–Kier alpha value is -0.0800. The summed E-state index contributed by atoms with van der Waals surface area (Å²) >= 11 is 0. The zero-order valence-electron chi connectivity index (χ0n) is 5.69. The minimum absolute atomic E-state index is 0.928. The third-order valence-electron chi connectivity index (χ3n) is 2.40. The van der Waals surface area contributed by atoms with E-state index in [1.807, 2.05) is 0 Å². The Morgan fingerprint density at radius 1 is 0.778 bits per heavy atom. The summed E-state index contributed by atoms with van der Waals surface area (Å²) in [6, 6.07) is 0. The summed E-state index contributed by atoms with van der Waals surface area (Å²) in [5, 5.41) is 6.89. The smallest absolute Gasteiger partial charge is 0.000814 e. The van der Waals surface area contributed by atoms with E-state index in [-0.39, 0.29) is 0 Å². The Balaban J connectivity index is 1.96. The molecular formula is C7H14N2. The molecule has 2 N–H and O–H groups in total. The topological polar surface area (TPSA) is 24.1 Å². The van der Waals surface area contributed by atoms with Gasteiger partial charge >= 0.3 is 0 Å². The average molecular weight is 126 g/mol. The molecule has 0 aromatic heterocycles. The lowest BCUT2D eigenvalue weighted by Crippen LogP contribution is -2.49. The molecule has 2 fully saturated rings. The Morgan fingerprint density at radius 3 is 1.56 bits per heavy atom. The summed E-state index contributed by atoms with van der Waals surface area (Å²) in [5.74, 6) is 1.86. The lowest BCUT2D eigenvalue weighted by Gasteiger charge is -2.35. The first-order valence-electron chi connectivity index (χ1n) is 3.86. The maximum Gasteiger partial charge on any atom is -0.000814 e. The Bertz CT molecular complexity index is 83.1. The van der Waals surface area contributed by atoms with E-state index in [4.69, 9.17) is 0 Å². The molecule has 2 heteroatoms. The van der Waals surface area contributed by atoms with Gasteiger partial charge in [-0.1, -0.05) is 0 Å². The van der Waals surface area contributed by atoms with Crippen molar-refractivity contribution in [2.75, 3.05) is 26.2 Å². The SMILES string of the molecule is C1NCC2CNCC1C2. The van der Waals surface area contributed by atoms with Gasteiger partial charge in [0.05, 0.1) is 0 Å². The molecule has 2 aliphatic rings. The van der Waals surface area contributed by atoms with Crippen molar-refractivity contribution in [3.63, 3.8) is 0 Å². The molecule has 0 atom stereocenters. The van der Waals surface area contributed by atoms with Crippen LogP contribution in [-0.4, -0.2) is 26.2 Å². The van der Waals surface area contributed by atoms with E-state index in [0.29, 0.717) is 0 Å². The molecule has 2 bridgehead atoms. The molecular weight excluding hydrogens is 112 g/mol. The first-order valence-corrected chi connectivity index (χ1v) is 3.86. The lowest BCUT2D eigenvalue weighted by atomic mass is 9.87. The highest BCUT2D eigenvalue weighted by Gasteiger charge is 2.24. The Labute approximate surface area is 56.0 Å². The molecule has 0 unspecified atom stereocenters. The zero-order chi connectivity index (χ0) is 6.10. The maximum atomic E-state index is 3.45. The molecule has 0 spiro atoms.